The van der Waals surface area contributed by atoms with Crippen LogP contribution in [0.2, 0.25) is 0 Å². The third-order valence-corrected chi connectivity index (χ3v) is 2.00. The van der Waals surface area contributed by atoms with E-state index in [1.165, 1.54) is 0 Å². The SMILES string of the molecule is C=CCOc1ccc(OCC=C)c(N=C(C)C)c1. The smallest absolute Gasteiger partial charge is 0.145 e. The Bertz CT molecular complexity index is 446. The Hall–Kier alpha value is -2.03. The fourth-order valence-corrected chi connectivity index (χ4v) is 1.34. The first-order chi connectivity index (χ1) is 8.67. The molecule has 1 aromatic carbocycles. The van der Waals surface area contributed by atoms with Gasteiger partial charge in [-0.25, -0.2) is 0 Å². The molecule has 0 fully saturated rings. The zero-order valence-corrected chi connectivity index (χ0v) is 11.0. The molecule has 0 amide bonds. The number of benzene rings is 1. The summed E-state index contributed by atoms with van der Waals surface area (Å²) in [6.07, 6.45) is 3.41. The molecule has 0 N–H and O–H groups in total. The summed E-state index contributed by atoms with van der Waals surface area (Å²) in [5, 5.41) is 0. The third kappa shape index (κ3) is 4.45. The van der Waals surface area contributed by atoms with Gasteiger partial charge in [-0.3, -0.25) is 4.99 Å². The van der Waals surface area contributed by atoms with Gasteiger partial charge in [0.05, 0.1) is 0 Å². The molecule has 96 valence electrons. The van der Waals surface area contributed by atoms with Gasteiger partial charge in [-0.05, 0) is 26.0 Å². The average molecular weight is 245 g/mol. The highest BCUT2D eigenvalue weighted by atomic mass is 16.5. The minimum atomic E-state index is 0.456. The molecule has 1 rings (SSSR count). The molecule has 0 spiro atoms. The molecule has 0 aliphatic rings. The summed E-state index contributed by atoms with van der Waals surface area (Å²) < 4.78 is 11.0. The van der Waals surface area contributed by atoms with E-state index in [1.807, 2.05) is 32.0 Å². The molecule has 0 saturated heterocycles. The van der Waals surface area contributed by atoms with Crippen LogP contribution in [0.1, 0.15) is 13.8 Å². The predicted octanol–water partition coefficient (Wildman–Crippen LogP) is 3.93. The average Bonchev–Trinajstić information content (AvgIpc) is 2.34. The molecular weight excluding hydrogens is 226 g/mol. The molecule has 0 bridgehead atoms. The summed E-state index contributed by atoms with van der Waals surface area (Å²) in [5.74, 6) is 1.47. The van der Waals surface area contributed by atoms with E-state index in [2.05, 4.69) is 18.2 Å². The largest absolute Gasteiger partial charge is 0.489 e. The molecule has 0 aliphatic heterocycles. The number of nitrogens with zero attached hydrogens (tertiary/aromatic N) is 1. The number of ether oxygens (including phenoxy) is 2. The fourth-order valence-electron chi connectivity index (χ4n) is 1.34. The molecule has 18 heavy (non-hydrogen) atoms. The van der Waals surface area contributed by atoms with Crippen molar-refractivity contribution >= 4 is 11.4 Å². The van der Waals surface area contributed by atoms with E-state index < -0.39 is 0 Å². The van der Waals surface area contributed by atoms with Gasteiger partial charge in [-0.15, -0.1) is 0 Å². The van der Waals surface area contributed by atoms with Crippen LogP contribution in [0.5, 0.6) is 11.5 Å². The van der Waals surface area contributed by atoms with E-state index in [1.54, 1.807) is 12.2 Å². The summed E-state index contributed by atoms with van der Waals surface area (Å²) in [6, 6.07) is 5.56. The zero-order valence-electron chi connectivity index (χ0n) is 11.0. The number of aliphatic imine (C=N–C) groups is 1. The van der Waals surface area contributed by atoms with Crippen LogP contribution in [0, 0.1) is 0 Å². The van der Waals surface area contributed by atoms with Crippen molar-refractivity contribution in [2.24, 2.45) is 4.99 Å². The Morgan fingerprint density at radius 2 is 1.83 bits per heavy atom. The Labute approximate surface area is 108 Å². The summed E-state index contributed by atoms with van der Waals surface area (Å²) in [7, 11) is 0. The highest BCUT2D eigenvalue weighted by Gasteiger charge is 2.04. The Morgan fingerprint density at radius 1 is 1.17 bits per heavy atom. The summed E-state index contributed by atoms with van der Waals surface area (Å²) >= 11 is 0. The van der Waals surface area contributed by atoms with Crippen molar-refractivity contribution in [2.45, 2.75) is 13.8 Å². The summed E-state index contributed by atoms with van der Waals surface area (Å²) in [5.41, 5.74) is 1.72. The maximum Gasteiger partial charge on any atom is 0.145 e. The summed E-state index contributed by atoms with van der Waals surface area (Å²) in [4.78, 5) is 4.43. The highest BCUT2D eigenvalue weighted by molar-refractivity contribution is 5.83. The van der Waals surface area contributed by atoms with Gasteiger partial charge in [0.15, 0.2) is 0 Å². The van der Waals surface area contributed by atoms with Gasteiger partial charge in [0.25, 0.3) is 0 Å². The van der Waals surface area contributed by atoms with Gasteiger partial charge >= 0.3 is 0 Å². The van der Waals surface area contributed by atoms with Crippen molar-refractivity contribution in [2.75, 3.05) is 13.2 Å². The fraction of sp³-hybridized carbons (Fsp3) is 0.267. The summed E-state index contributed by atoms with van der Waals surface area (Å²) in [6.45, 7) is 12.1. The van der Waals surface area contributed by atoms with Gasteiger partial charge < -0.3 is 9.47 Å². The minimum Gasteiger partial charge on any atom is -0.489 e. The molecule has 0 radical (unpaired) electrons. The van der Waals surface area contributed by atoms with Crippen molar-refractivity contribution in [1.29, 1.82) is 0 Å². The van der Waals surface area contributed by atoms with E-state index in [0.29, 0.717) is 13.2 Å². The van der Waals surface area contributed by atoms with Crippen LogP contribution in [0.25, 0.3) is 0 Å². The Kier molecular flexibility index (Phi) is 5.71. The monoisotopic (exact) mass is 245 g/mol. The first-order valence-electron chi connectivity index (χ1n) is 5.80. The van der Waals surface area contributed by atoms with E-state index >= 15 is 0 Å². The van der Waals surface area contributed by atoms with E-state index in [0.717, 1.165) is 22.9 Å². The molecular formula is C15H19NO2. The molecule has 0 atom stereocenters. The second-order valence-corrected chi connectivity index (χ2v) is 3.89. The van der Waals surface area contributed by atoms with Crippen LogP contribution in [0.15, 0.2) is 48.5 Å². The molecule has 3 heteroatoms. The Balaban J connectivity index is 2.99. The lowest BCUT2D eigenvalue weighted by Gasteiger charge is -2.10. The molecule has 0 aromatic heterocycles. The van der Waals surface area contributed by atoms with Crippen LogP contribution < -0.4 is 9.47 Å². The van der Waals surface area contributed by atoms with Gasteiger partial charge in [0.2, 0.25) is 0 Å². The quantitative estimate of drug-likeness (QED) is 0.538. The van der Waals surface area contributed by atoms with Crippen LogP contribution in [0.3, 0.4) is 0 Å². The molecule has 3 nitrogen and oxygen atoms in total. The zero-order chi connectivity index (χ0) is 13.4. The first-order valence-corrected chi connectivity index (χ1v) is 5.80. The number of hydrogen-bond donors (Lipinski definition) is 0. The maximum absolute atomic E-state index is 5.55. The van der Waals surface area contributed by atoms with E-state index in [-0.39, 0.29) is 0 Å². The standard InChI is InChI=1S/C15H19NO2/c1-5-9-17-13-7-8-15(18-10-6-2)14(11-13)16-12(3)4/h5-8,11H,1-2,9-10H2,3-4H3. The van der Waals surface area contributed by atoms with Crippen molar-refractivity contribution in [3.05, 3.63) is 43.5 Å². The van der Waals surface area contributed by atoms with Crippen LogP contribution in [-0.2, 0) is 0 Å². The van der Waals surface area contributed by atoms with E-state index in [9.17, 15) is 0 Å². The normalized spacial score (nSPS) is 9.44. The first kappa shape index (κ1) is 14.0. The van der Waals surface area contributed by atoms with E-state index in [4.69, 9.17) is 9.47 Å². The van der Waals surface area contributed by atoms with Crippen LogP contribution in [0.4, 0.5) is 5.69 Å². The lowest BCUT2D eigenvalue weighted by Crippen LogP contribution is -1.96. The van der Waals surface area contributed by atoms with Crippen LogP contribution in [-0.4, -0.2) is 18.9 Å². The van der Waals surface area contributed by atoms with Gasteiger partial charge in [-0.2, -0.15) is 0 Å². The van der Waals surface area contributed by atoms with Crippen LogP contribution >= 0.6 is 0 Å². The third-order valence-electron chi connectivity index (χ3n) is 2.00. The van der Waals surface area contributed by atoms with Crippen molar-refractivity contribution in [1.82, 2.24) is 0 Å². The van der Waals surface area contributed by atoms with Crippen molar-refractivity contribution in [3.63, 3.8) is 0 Å². The predicted molar refractivity (Wildman–Crippen MR) is 76.3 cm³/mol. The Morgan fingerprint density at radius 3 is 2.44 bits per heavy atom. The van der Waals surface area contributed by atoms with Crippen molar-refractivity contribution < 1.29 is 9.47 Å². The van der Waals surface area contributed by atoms with Gasteiger partial charge in [0.1, 0.15) is 30.4 Å². The molecule has 1 aromatic rings. The molecule has 0 heterocycles. The molecule has 0 saturated carbocycles. The van der Waals surface area contributed by atoms with Crippen molar-refractivity contribution in [3.8, 4) is 11.5 Å². The lowest BCUT2D eigenvalue weighted by atomic mass is 10.2. The second kappa shape index (κ2) is 7.33. The van der Waals surface area contributed by atoms with Gasteiger partial charge in [-0.1, -0.05) is 25.3 Å². The number of rotatable bonds is 7. The minimum absolute atomic E-state index is 0.456. The molecule has 0 unspecified atom stereocenters. The molecule has 0 aliphatic carbocycles. The van der Waals surface area contributed by atoms with Gasteiger partial charge in [0, 0.05) is 11.8 Å². The maximum atomic E-state index is 5.55. The number of hydrogen-bond acceptors (Lipinski definition) is 3. The lowest BCUT2D eigenvalue weighted by molar-refractivity contribution is 0.354. The highest BCUT2D eigenvalue weighted by Crippen LogP contribution is 2.32. The topological polar surface area (TPSA) is 30.8 Å². The second-order valence-electron chi connectivity index (χ2n) is 3.89.